The zero-order valence-electron chi connectivity index (χ0n) is 8.48. The molecule has 1 aliphatic rings. The van der Waals surface area contributed by atoms with Gasteiger partial charge >= 0.3 is 5.97 Å². The highest BCUT2D eigenvalue weighted by molar-refractivity contribution is 5.85. The summed E-state index contributed by atoms with van der Waals surface area (Å²) in [6.45, 7) is 0. The third-order valence-electron chi connectivity index (χ3n) is 3.16. The van der Waals surface area contributed by atoms with Gasteiger partial charge in [-0.2, -0.15) is 0 Å². The molecular weight excluding hydrogens is 209 g/mol. The van der Waals surface area contributed by atoms with Crippen LogP contribution in [0.25, 0.3) is 10.9 Å². The number of para-hydroxylation sites is 1. The zero-order valence-corrected chi connectivity index (χ0v) is 8.48. The Morgan fingerprint density at radius 1 is 1.50 bits per heavy atom. The standard InChI is InChI=1S/C12H10FNO2/c13-9-3-1-2-7-6-8-4-5-10(12(15)16)14(8)11(7)9/h1-3,6,10H,4-5H2,(H,15,16). The number of rotatable bonds is 1. The van der Waals surface area contributed by atoms with Crippen molar-refractivity contribution in [1.82, 2.24) is 4.57 Å². The molecule has 3 rings (SSSR count). The molecule has 0 spiro atoms. The molecule has 82 valence electrons. The second kappa shape index (κ2) is 3.07. The Balaban J connectivity index is 2.34. The number of carboxylic acids is 1. The number of halogens is 1. The van der Waals surface area contributed by atoms with Gasteiger partial charge in [0.2, 0.25) is 0 Å². The summed E-state index contributed by atoms with van der Waals surface area (Å²) in [5, 5.41) is 9.86. The molecule has 0 saturated heterocycles. The van der Waals surface area contributed by atoms with Gasteiger partial charge in [0.25, 0.3) is 0 Å². The van der Waals surface area contributed by atoms with Crippen LogP contribution in [0.2, 0.25) is 0 Å². The number of nitrogens with zero attached hydrogens (tertiary/aromatic N) is 1. The van der Waals surface area contributed by atoms with Gasteiger partial charge in [0.05, 0.1) is 5.52 Å². The van der Waals surface area contributed by atoms with Gasteiger partial charge in [0.1, 0.15) is 11.9 Å². The maximum Gasteiger partial charge on any atom is 0.326 e. The van der Waals surface area contributed by atoms with Crippen LogP contribution in [0.1, 0.15) is 18.2 Å². The number of carbonyl (C=O) groups is 1. The van der Waals surface area contributed by atoms with Crippen molar-refractivity contribution in [2.75, 3.05) is 0 Å². The molecule has 3 nitrogen and oxygen atoms in total. The first-order valence-electron chi connectivity index (χ1n) is 5.19. The minimum atomic E-state index is -0.889. The van der Waals surface area contributed by atoms with Crippen LogP contribution in [0.4, 0.5) is 4.39 Å². The van der Waals surface area contributed by atoms with Gasteiger partial charge in [0, 0.05) is 11.1 Å². The topological polar surface area (TPSA) is 42.2 Å². The fraction of sp³-hybridized carbons (Fsp3) is 0.250. The first kappa shape index (κ1) is 9.39. The van der Waals surface area contributed by atoms with E-state index < -0.39 is 12.0 Å². The molecule has 1 aromatic heterocycles. The molecule has 0 aliphatic carbocycles. The van der Waals surface area contributed by atoms with Crippen LogP contribution >= 0.6 is 0 Å². The molecule has 1 atom stereocenters. The quantitative estimate of drug-likeness (QED) is 0.799. The van der Waals surface area contributed by atoms with E-state index in [9.17, 15) is 9.18 Å². The van der Waals surface area contributed by atoms with Crippen molar-refractivity contribution in [3.63, 3.8) is 0 Å². The van der Waals surface area contributed by atoms with Crippen LogP contribution in [-0.4, -0.2) is 15.6 Å². The molecule has 0 saturated carbocycles. The lowest BCUT2D eigenvalue weighted by atomic mass is 10.1. The molecule has 0 amide bonds. The third kappa shape index (κ3) is 1.10. The molecule has 1 unspecified atom stereocenters. The Hall–Kier alpha value is -1.84. The lowest BCUT2D eigenvalue weighted by Gasteiger charge is -2.10. The predicted molar refractivity (Wildman–Crippen MR) is 56.9 cm³/mol. The number of aryl methyl sites for hydroxylation is 1. The lowest BCUT2D eigenvalue weighted by molar-refractivity contribution is -0.140. The van der Waals surface area contributed by atoms with E-state index in [1.807, 2.05) is 12.1 Å². The number of carboxylic acid groups (broad SMARTS) is 1. The molecule has 16 heavy (non-hydrogen) atoms. The number of hydrogen-bond donors (Lipinski definition) is 1. The first-order valence-corrected chi connectivity index (χ1v) is 5.19. The van der Waals surface area contributed by atoms with Gasteiger partial charge in [0.15, 0.2) is 0 Å². The van der Waals surface area contributed by atoms with Crippen LogP contribution in [0, 0.1) is 5.82 Å². The molecule has 1 N–H and O–H groups in total. The SMILES string of the molecule is O=C(O)C1CCc2cc3cccc(F)c3n21. The van der Waals surface area contributed by atoms with Crippen molar-refractivity contribution in [2.24, 2.45) is 0 Å². The highest BCUT2D eigenvalue weighted by Crippen LogP contribution is 2.34. The monoisotopic (exact) mass is 219 g/mol. The summed E-state index contributed by atoms with van der Waals surface area (Å²) in [4.78, 5) is 11.1. The predicted octanol–water partition coefficient (Wildman–Crippen LogP) is 2.35. The van der Waals surface area contributed by atoms with E-state index in [4.69, 9.17) is 5.11 Å². The second-order valence-corrected chi connectivity index (χ2v) is 4.08. The van der Waals surface area contributed by atoms with Crippen LogP contribution in [-0.2, 0) is 11.2 Å². The minimum Gasteiger partial charge on any atom is -0.480 e. The number of aliphatic carboxylic acids is 1. The highest BCUT2D eigenvalue weighted by atomic mass is 19.1. The molecule has 1 aliphatic heterocycles. The van der Waals surface area contributed by atoms with Gasteiger partial charge < -0.3 is 9.67 Å². The second-order valence-electron chi connectivity index (χ2n) is 4.08. The van der Waals surface area contributed by atoms with Crippen LogP contribution in [0.3, 0.4) is 0 Å². The summed E-state index contributed by atoms with van der Waals surface area (Å²) in [6.07, 6.45) is 1.25. The van der Waals surface area contributed by atoms with Crippen LogP contribution in [0.15, 0.2) is 24.3 Å². The summed E-state index contributed by atoms with van der Waals surface area (Å²) in [5.74, 6) is -1.24. The zero-order chi connectivity index (χ0) is 11.3. The average molecular weight is 219 g/mol. The summed E-state index contributed by atoms with van der Waals surface area (Å²) in [7, 11) is 0. The van der Waals surface area contributed by atoms with Crippen molar-refractivity contribution in [1.29, 1.82) is 0 Å². The molecule has 2 aromatic rings. The van der Waals surface area contributed by atoms with Crippen molar-refractivity contribution >= 4 is 16.9 Å². The summed E-state index contributed by atoms with van der Waals surface area (Å²) < 4.78 is 15.3. The summed E-state index contributed by atoms with van der Waals surface area (Å²) in [6, 6.07) is 6.07. The largest absolute Gasteiger partial charge is 0.480 e. The van der Waals surface area contributed by atoms with Crippen molar-refractivity contribution in [3.8, 4) is 0 Å². The van der Waals surface area contributed by atoms with Crippen LogP contribution in [0.5, 0.6) is 0 Å². The lowest BCUT2D eigenvalue weighted by Crippen LogP contribution is -2.15. The molecule has 4 heteroatoms. The van der Waals surface area contributed by atoms with E-state index in [0.29, 0.717) is 18.4 Å². The van der Waals surface area contributed by atoms with E-state index in [1.165, 1.54) is 6.07 Å². The van der Waals surface area contributed by atoms with Gasteiger partial charge in [-0.05, 0) is 25.0 Å². The number of fused-ring (bicyclic) bond motifs is 3. The van der Waals surface area contributed by atoms with Crippen molar-refractivity contribution < 1.29 is 14.3 Å². The van der Waals surface area contributed by atoms with E-state index in [0.717, 1.165) is 11.1 Å². The smallest absolute Gasteiger partial charge is 0.326 e. The fourth-order valence-electron chi connectivity index (χ4n) is 2.49. The number of benzene rings is 1. The summed E-state index contributed by atoms with van der Waals surface area (Å²) >= 11 is 0. The van der Waals surface area contributed by atoms with Gasteiger partial charge in [-0.25, -0.2) is 9.18 Å². The first-order chi connectivity index (χ1) is 7.68. The number of aromatic nitrogens is 1. The Labute approximate surface area is 91.1 Å². The highest BCUT2D eigenvalue weighted by Gasteiger charge is 2.30. The molecular formula is C12H10FNO2. The average Bonchev–Trinajstić information content (AvgIpc) is 2.74. The van der Waals surface area contributed by atoms with Crippen LogP contribution < -0.4 is 0 Å². The fourth-order valence-corrected chi connectivity index (χ4v) is 2.49. The van der Waals surface area contributed by atoms with E-state index in [-0.39, 0.29) is 5.82 Å². The molecule has 0 fully saturated rings. The van der Waals surface area contributed by atoms with E-state index >= 15 is 0 Å². The van der Waals surface area contributed by atoms with E-state index in [2.05, 4.69) is 0 Å². The van der Waals surface area contributed by atoms with E-state index in [1.54, 1.807) is 10.6 Å². The Kier molecular flexibility index (Phi) is 1.80. The van der Waals surface area contributed by atoms with Gasteiger partial charge in [-0.1, -0.05) is 12.1 Å². The Morgan fingerprint density at radius 3 is 3.06 bits per heavy atom. The van der Waals surface area contributed by atoms with Gasteiger partial charge in [-0.3, -0.25) is 0 Å². The third-order valence-corrected chi connectivity index (χ3v) is 3.16. The molecule has 0 bridgehead atoms. The summed E-state index contributed by atoms with van der Waals surface area (Å²) in [5.41, 5.74) is 1.33. The molecule has 0 radical (unpaired) electrons. The number of hydrogen-bond acceptors (Lipinski definition) is 1. The van der Waals surface area contributed by atoms with Crippen molar-refractivity contribution in [2.45, 2.75) is 18.9 Å². The minimum absolute atomic E-state index is 0.350. The maximum atomic E-state index is 13.7. The normalized spacial score (nSPS) is 18.9. The molecule has 1 aromatic carbocycles. The Bertz CT molecular complexity index is 588. The van der Waals surface area contributed by atoms with Gasteiger partial charge in [-0.15, -0.1) is 0 Å². The molecule has 2 heterocycles. The van der Waals surface area contributed by atoms with Crippen molar-refractivity contribution in [3.05, 3.63) is 35.8 Å². The maximum absolute atomic E-state index is 13.7. The Morgan fingerprint density at radius 2 is 2.31 bits per heavy atom.